The summed E-state index contributed by atoms with van der Waals surface area (Å²) in [7, 11) is 4.65. The van der Waals surface area contributed by atoms with E-state index >= 15 is 0 Å². The summed E-state index contributed by atoms with van der Waals surface area (Å²) in [5.41, 5.74) is 1.22. The Balaban J connectivity index is 1.67. The third-order valence-corrected chi connectivity index (χ3v) is 5.59. The van der Waals surface area contributed by atoms with Gasteiger partial charge in [0.1, 0.15) is 5.75 Å². The van der Waals surface area contributed by atoms with Crippen LogP contribution >= 0.6 is 0 Å². The number of nitrogens with one attached hydrogen (secondary N) is 2. The summed E-state index contributed by atoms with van der Waals surface area (Å²) < 4.78 is 21.2. The monoisotopic (exact) mass is 428 g/mol. The molecule has 1 aliphatic rings. The molecular weight excluding hydrogens is 400 g/mol. The van der Waals surface area contributed by atoms with Gasteiger partial charge in [0, 0.05) is 36.9 Å². The van der Waals surface area contributed by atoms with E-state index in [2.05, 4.69) is 10.6 Å². The van der Waals surface area contributed by atoms with Gasteiger partial charge in [-0.05, 0) is 42.7 Å². The van der Waals surface area contributed by atoms with Gasteiger partial charge in [-0.3, -0.25) is 9.59 Å². The van der Waals surface area contributed by atoms with E-state index in [0.29, 0.717) is 36.9 Å². The summed E-state index contributed by atoms with van der Waals surface area (Å²) in [6.45, 7) is 1.53. The minimum Gasteiger partial charge on any atom is -0.497 e. The molecule has 0 unspecified atom stereocenters. The lowest BCUT2D eigenvalue weighted by molar-refractivity contribution is -0.136. The second-order valence-corrected chi connectivity index (χ2v) is 7.33. The van der Waals surface area contributed by atoms with Crippen molar-refractivity contribution in [1.29, 1.82) is 0 Å². The lowest BCUT2D eigenvalue weighted by atomic mass is 9.74. The number of benzene rings is 2. The van der Waals surface area contributed by atoms with Crippen molar-refractivity contribution in [3.63, 3.8) is 0 Å². The zero-order valence-electron chi connectivity index (χ0n) is 18.0. The van der Waals surface area contributed by atoms with Crippen LogP contribution in [0.4, 0.5) is 5.69 Å². The minimum absolute atomic E-state index is 0.302. The quantitative estimate of drug-likeness (QED) is 0.658. The summed E-state index contributed by atoms with van der Waals surface area (Å²) in [6.07, 6.45) is 1.49. The Hall–Kier alpha value is -3.26. The first-order valence-electron chi connectivity index (χ1n) is 10.0. The first-order chi connectivity index (χ1) is 15.0. The van der Waals surface area contributed by atoms with Gasteiger partial charge in [0.2, 0.25) is 0 Å². The van der Waals surface area contributed by atoms with Crippen LogP contribution in [0.2, 0.25) is 0 Å². The summed E-state index contributed by atoms with van der Waals surface area (Å²) in [5, 5.41) is 5.39. The third kappa shape index (κ3) is 5.27. The predicted molar refractivity (Wildman–Crippen MR) is 116 cm³/mol. The van der Waals surface area contributed by atoms with E-state index in [1.807, 2.05) is 24.3 Å². The van der Waals surface area contributed by atoms with Crippen molar-refractivity contribution >= 4 is 17.5 Å². The van der Waals surface area contributed by atoms with E-state index in [1.54, 1.807) is 25.3 Å². The van der Waals surface area contributed by atoms with Crippen LogP contribution in [0.25, 0.3) is 0 Å². The average Bonchev–Trinajstić information content (AvgIpc) is 2.83. The van der Waals surface area contributed by atoms with Gasteiger partial charge in [-0.15, -0.1) is 0 Å². The number of hydrogen-bond donors (Lipinski definition) is 2. The number of methoxy groups -OCH3 is 3. The van der Waals surface area contributed by atoms with E-state index in [0.717, 1.165) is 24.2 Å². The maximum atomic E-state index is 12.5. The molecule has 0 spiro atoms. The third-order valence-electron chi connectivity index (χ3n) is 5.59. The first kappa shape index (κ1) is 22.4. The van der Waals surface area contributed by atoms with E-state index in [-0.39, 0.29) is 5.41 Å². The van der Waals surface area contributed by atoms with Gasteiger partial charge in [0.15, 0.2) is 11.5 Å². The highest BCUT2D eigenvalue weighted by Crippen LogP contribution is 2.35. The Morgan fingerprint density at radius 3 is 2.19 bits per heavy atom. The molecule has 2 N–H and O–H groups in total. The molecule has 166 valence electrons. The number of ether oxygens (including phenoxy) is 4. The maximum Gasteiger partial charge on any atom is 0.313 e. The van der Waals surface area contributed by atoms with Crippen LogP contribution < -0.4 is 24.8 Å². The summed E-state index contributed by atoms with van der Waals surface area (Å²) in [4.78, 5) is 24.9. The zero-order valence-corrected chi connectivity index (χ0v) is 18.0. The Bertz CT molecular complexity index is 907. The largest absolute Gasteiger partial charge is 0.497 e. The van der Waals surface area contributed by atoms with Crippen molar-refractivity contribution < 1.29 is 28.5 Å². The molecule has 1 aliphatic heterocycles. The molecule has 2 aromatic rings. The molecule has 8 heteroatoms. The van der Waals surface area contributed by atoms with Crippen molar-refractivity contribution in [2.24, 2.45) is 0 Å². The maximum absolute atomic E-state index is 12.5. The van der Waals surface area contributed by atoms with E-state index in [9.17, 15) is 9.59 Å². The molecule has 0 radical (unpaired) electrons. The lowest BCUT2D eigenvalue weighted by Gasteiger charge is -2.38. The van der Waals surface area contributed by atoms with Crippen molar-refractivity contribution in [1.82, 2.24) is 5.32 Å². The summed E-state index contributed by atoms with van der Waals surface area (Å²) in [6, 6.07) is 12.7. The molecule has 1 fully saturated rings. The van der Waals surface area contributed by atoms with Gasteiger partial charge in [-0.25, -0.2) is 0 Å². The van der Waals surface area contributed by atoms with Gasteiger partial charge in [0.25, 0.3) is 0 Å². The molecule has 0 saturated carbocycles. The number of carbonyl (C=O) groups excluding carboxylic acids is 2. The molecule has 0 aromatic heterocycles. The molecule has 1 heterocycles. The van der Waals surface area contributed by atoms with Crippen LogP contribution in [0.1, 0.15) is 18.4 Å². The Morgan fingerprint density at radius 1 is 0.903 bits per heavy atom. The standard InChI is InChI=1S/C23H28N2O6/c1-28-18-7-4-16(5-8-18)23(10-12-31-13-11-23)15-24-21(26)22(27)25-17-6-9-19(29-2)20(14-17)30-3/h4-9,14H,10-13,15H2,1-3H3,(H,24,26)(H,25,27). The van der Waals surface area contributed by atoms with Crippen LogP contribution in [0, 0.1) is 0 Å². The van der Waals surface area contributed by atoms with Crippen molar-refractivity contribution in [2.45, 2.75) is 18.3 Å². The normalized spacial score (nSPS) is 14.9. The molecule has 0 bridgehead atoms. The van der Waals surface area contributed by atoms with Crippen LogP contribution in [-0.2, 0) is 19.7 Å². The zero-order chi connectivity index (χ0) is 22.3. The van der Waals surface area contributed by atoms with Gasteiger partial charge < -0.3 is 29.6 Å². The molecule has 31 heavy (non-hydrogen) atoms. The van der Waals surface area contributed by atoms with E-state index in [1.165, 1.54) is 14.2 Å². The van der Waals surface area contributed by atoms with Crippen molar-refractivity contribution in [2.75, 3.05) is 46.4 Å². The fourth-order valence-corrected chi connectivity index (χ4v) is 3.71. The van der Waals surface area contributed by atoms with Crippen molar-refractivity contribution in [3.05, 3.63) is 48.0 Å². The highest BCUT2D eigenvalue weighted by atomic mass is 16.5. The molecule has 1 saturated heterocycles. The molecule has 2 aromatic carbocycles. The molecule has 2 amide bonds. The average molecular weight is 428 g/mol. The van der Waals surface area contributed by atoms with Gasteiger partial charge in [0.05, 0.1) is 21.3 Å². The van der Waals surface area contributed by atoms with Crippen molar-refractivity contribution in [3.8, 4) is 17.2 Å². The SMILES string of the molecule is COc1ccc(C2(CNC(=O)C(=O)Nc3ccc(OC)c(OC)c3)CCOCC2)cc1. The van der Waals surface area contributed by atoms with Crippen LogP contribution in [0.15, 0.2) is 42.5 Å². The topological polar surface area (TPSA) is 95.1 Å². The number of carbonyl (C=O) groups is 2. The van der Waals surface area contributed by atoms with Crippen LogP contribution in [0.3, 0.4) is 0 Å². The Morgan fingerprint density at radius 2 is 1.58 bits per heavy atom. The molecule has 3 rings (SSSR count). The smallest absolute Gasteiger partial charge is 0.313 e. The van der Waals surface area contributed by atoms with Crippen LogP contribution in [0.5, 0.6) is 17.2 Å². The Labute approximate surface area is 181 Å². The highest BCUT2D eigenvalue weighted by molar-refractivity contribution is 6.39. The molecule has 0 aliphatic carbocycles. The molecular formula is C23H28N2O6. The minimum atomic E-state index is -0.746. The fourth-order valence-electron chi connectivity index (χ4n) is 3.71. The van der Waals surface area contributed by atoms with Gasteiger partial charge in [-0.1, -0.05) is 12.1 Å². The number of rotatable bonds is 7. The lowest BCUT2D eigenvalue weighted by Crippen LogP contribution is -2.47. The van der Waals surface area contributed by atoms with Crippen LogP contribution in [-0.4, -0.2) is 52.9 Å². The number of anilines is 1. The fraction of sp³-hybridized carbons (Fsp3) is 0.391. The highest BCUT2D eigenvalue weighted by Gasteiger charge is 2.35. The Kier molecular flexibility index (Phi) is 7.36. The molecule has 8 nitrogen and oxygen atoms in total. The second kappa shape index (κ2) is 10.2. The summed E-state index contributed by atoms with van der Waals surface area (Å²) in [5.74, 6) is 0.315. The first-order valence-corrected chi connectivity index (χ1v) is 10.0. The molecule has 0 atom stereocenters. The number of amides is 2. The summed E-state index contributed by atoms with van der Waals surface area (Å²) >= 11 is 0. The van der Waals surface area contributed by atoms with Gasteiger partial charge >= 0.3 is 11.8 Å². The van der Waals surface area contributed by atoms with E-state index in [4.69, 9.17) is 18.9 Å². The second-order valence-electron chi connectivity index (χ2n) is 7.33. The predicted octanol–water partition coefficient (Wildman–Crippen LogP) is 2.52. The number of hydrogen-bond acceptors (Lipinski definition) is 6. The van der Waals surface area contributed by atoms with E-state index < -0.39 is 11.8 Å². The van der Waals surface area contributed by atoms with Gasteiger partial charge in [-0.2, -0.15) is 0 Å².